The lowest BCUT2D eigenvalue weighted by molar-refractivity contribution is -0.402. The molecule has 0 aromatic heterocycles. The number of fused-ring (bicyclic) bond motifs is 1. The molecule has 0 spiro atoms. The fourth-order valence-electron chi connectivity index (χ4n) is 4.06. The van der Waals surface area contributed by atoms with Gasteiger partial charge in [-0.05, 0) is 45.9 Å². The van der Waals surface area contributed by atoms with Gasteiger partial charge in [-0.2, -0.15) is 4.58 Å². The van der Waals surface area contributed by atoms with Crippen LogP contribution in [0.2, 0.25) is 0 Å². The number of nitro groups is 1. The number of anilines is 1. The number of nitrogens with zero attached hydrogens (tertiary/aromatic N) is 3. The Labute approximate surface area is 171 Å². The Morgan fingerprint density at radius 1 is 1.14 bits per heavy atom. The molecule has 0 fully saturated rings. The molecule has 0 saturated heterocycles. The van der Waals surface area contributed by atoms with Gasteiger partial charge in [-0.1, -0.05) is 0 Å². The molecule has 1 N–H and O–H groups in total. The minimum atomic E-state index is -0.386. The molecule has 0 bridgehead atoms. The van der Waals surface area contributed by atoms with Crippen LogP contribution in [0.1, 0.15) is 38.8 Å². The minimum Gasteiger partial charge on any atom is -0.507 e. The molecule has 1 heterocycles. The second-order valence-corrected chi connectivity index (χ2v) is 7.78. The van der Waals surface area contributed by atoms with Crippen LogP contribution in [-0.4, -0.2) is 40.5 Å². The SMILES string of the molecule is CCN(CC)c1ccc(/C=C/C2=[N+](C)c3ccc([N+](=O)[O-])cc3C2(C)C)c(O)c1. The van der Waals surface area contributed by atoms with Crippen molar-refractivity contribution in [1.82, 2.24) is 0 Å². The van der Waals surface area contributed by atoms with Gasteiger partial charge in [0, 0.05) is 60.2 Å². The summed E-state index contributed by atoms with van der Waals surface area (Å²) in [4.78, 5) is 13.0. The first-order chi connectivity index (χ1) is 13.7. The van der Waals surface area contributed by atoms with Gasteiger partial charge < -0.3 is 10.0 Å². The maximum Gasteiger partial charge on any atom is 0.270 e. The second kappa shape index (κ2) is 7.70. The van der Waals surface area contributed by atoms with E-state index >= 15 is 0 Å². The lowest BCUT2D eigenvalue weighted by Crippen LogP contribution is -2.26. The third-order valence-corrected chi connectivity index (χ3v) is 5.79. The number of aromatic hydroxyl groups is 1. The van der Waals surface area contributed by atoms with Crippen molar-refractivity contribution in [2.24, 2.45) is 0 Å². The molecule has 0 unspecified atom stereocenters. The quantitative estimate of drug-likeness (QED) is 0.431. The lowest BCUT2D eigenvalue weighted by Gasteiger charge is -2.21. The third-order valence-electron chi connectivity index (χ3n) is 5.79. The zero-order valence-corrected chi connectivity index (χ0v) is 17.6. The van der Waals surface area contributed by atoms with E-state index in [-0.39, 0.29) is 21.8 Å². The van der Waals surface area contributed by atoms with Crippen molar-refractivity contribution in [1.29, 1.82) is 0 Å². The van der Waals surface area contributed by atoms with Crippen molar-refractivity contribution >= 4 is 28.8 Å². The average molecular weight is 394 g/mol. The number of benzene rings is 2. The van der Waals surface area contributed by atoms with Crippen LogP contribution in [0.25, 0.3) is 6.08 Å². The van der Waals surface area contributed by atoms with Crippen molar-refractivity contribution in [3.8, 4) is 5.75 Å². The van der Waals surface area contributed by atoms with Crippen LogP contribution in [0.15, 0.2) is 42.5 Å². The maximum absolute atomic E-state index is 11.2. The summed E-state index contributed by atoms with van der Waals surface area (Å²) >= 11 is 0. The molecule has 152 valence electrons. The Balaban J connectivity index is 1.95. The molecule has 0 saturated carbocycles. The normalized spacial score (nSPS) is 15.1. The predicted octanol–water partition coefficient (Wildman–Crippen LogP) is 4.87. The summed E-state index contributed by atoms with van der Waals surface area (Å²) in [7, 11) is 1.96. The van der Waals surface area contributed by atoms with Crippen LogP contribution in [0.4, 0.5) is 17.1 Å². The molecule has 1 aliphatic heterocycles. The molecular formula is C23H28N3O3+. The first-order valence-electron chi connectivity index (χ1n) is 9.86. The summed E-state index contributed by atoms with van der Waals surface area (Å²) in [5, 5.41) is 21.7. The van der Waals surface area contributed by atoms with Crippen LogP contribution >= 0.6 is 0 Å². The van der Waals surface area contributed by atoms with E-state index in [1.807, 2.05) is 31.3 Å². The Hall–Kier alpha value is -3.15. The van der Waals surface area contributed by atoms with Crippen LogP contribution in [0.3, 0.4) is 0 Å². The van der Waals surface area contributed by atoms with E-state index in [1.165, 1.54) is 6.07 Å². The van der Waals surface area contributed by atoms with Gasteiger partial charge in [-0.25, -0.2) is 0 Å². The number of non-ortho nitro benzene ring substituents is 1. The van der Waals surface area contributed by atoms with Gasteiger partial charge in [0.1, 0.15) is 12.8 Å². The number of phenols is 1. The zero-order valence-electron chi connectivity index (χ0n) is 17.6. The summed E-state index contributed by atoms with van der Waals surface area (Å²) in [5.74, 6) is 0.234. The molecule has 0 radical (unpaired) electrons. The van der Waals surface area contributed by atoms with Gasteiger partial charge in [-0.3, -0.25) is 10.1 Å². The first-order valence-corrected chi connectivity index (χ1v) is 9.86. The predicted molar refractivity (Wildman–Crippen MR) is 118 cm³/mol. The molecule has 0 amide bonds. The molecule has 6 nitrogen and oxygen atoms in total. The van der Waals surface area contributed by atoms with Gasteiger partial charge in [-0.15, -0.1) is 0 Å². The van der Waals surface area contributed by atoms with E-state index in [4.69, 9.17) is 0 Å². The van der Waals surface area contributed by atoms with Crippen molar-refractivity contribution in [2.45, 2.75) is 33.1 Å². The van der Waals surface area contributed by atoms with Crippen molar-refractivity contribution in [2.75, 3.05) is 25.0 Å². The van der Waals surface area contributed by atoms with E-state index in [2.05, 4.69) is 37.2 Å². The number of nitro benzene ring substituents is 1. The fourth-order valence-corrected chi connectivity index (χ4v) is 4.06. The van der Waals surface area contributed by atoms with E-state index in [0.717, 1.165) is 41.3 Å². The number of hydrogen-bond acceptors (Lipinski definition) is 4. The van der Waals surface area contributed by atoms with Gasteiger partial charge in [0.05, 0.1) is 10.3 Å². The van der Waals surface area contributed by atoms with E-state index in [1.54, 1.807) is 18.2 Å². The standard InChI is InChI=1S/C23H27N3O3/c1-6-25(7-2)17-10-8-16(21(27)15-17)9-13-22-23(3,4)19-14-18(26(28)29)11-12-20(19)24(22)5/h8-15H,6-7H2,1-5H3/p+1. The Morgan fingerprint density at radius 2 is 1.83 bits per heavy atom. The van der Waals surface area contributed by atoms with E-state index in [9.17, 15) is 15.2 Å². The summed E-state index contributed by atoms with van der Waals surface area (Å²) in [6.07, 6.45) is 3.88. The summed E-state index contributed by atoms with van der Waals surface area (Å²) < 4.78 is 2.05. The summed E-state index contributed by atoms with van der Waals surface area (Å²) in [6.45, 7) is 10.1. The molecule has 0 atom stereocenters. The molecule has 6 heteroatoms. The van der Waals surface area contributed by atoms with E-state index < -0.39 is 0 Å². The van der Waals surface area contributed by atoms with Crippen LogP contribution in [0, 0.1) is 10.1 Å². The Morgan fingerprint density at radius 3 is 2.41 bits per heavy atom. The summed E-state index contributed by atoms with van der Waals surface area (Å²) in [6, 6.07) is 10.7. The smallest absolute Gasteiger partial charge is 0.270 e. The second-order valence-electron chi connectivity index (χ2n) is 7.78. The van der Waals surface area contributed by atoms with Crippen LogP contribution in [-0.2, 0) is 5.41 Å². The molecule has 29 heavy (non-hydrogen) atoms. The van der Waals surface area contributed by atoms with Crippen molar-refractivity contribution < 1.29 is 14.6 Å². The topological polar surface area (TPSA) is 69.6 Å². The monoisotopic (exact) mass is 394 g/mol. The van der Waals surface area contributed by atoms with Crippen molar-refractivity contribution in [3.63, 3.8) is 0 Å². The largest absolute Gasteiger partial charge is 0.507 e. The van der Waals surface area contributed by atoms with E-state index in [0.29, 0.717) is 0 Å². The molecule has 2 aromatic carbocycles. The van der Waals surface area contributed by atoms with Gasteiger partial charge in [0.2, 0.25) is 5.69 Å². The number of hydrogen-bond donors (Lipinski definition) is 1. The highest BCUT2D eigenvalue weighted by atomic mass is 16.6. The van der Waals surface area contributed by atoms with Crippen molar-refractivity contribution in [3.05, 3.63) is 63.7 Å². The zero-order chi connectivity index (χ0) is 21.3. The highest BCUT2D eigenvalue weighted by molar-refractivity contribution is 6.05. The highest BCUT2D eigenvalue weighted by Gasteiger charge is 2.43. The highest BCUT2D eigenvalue weighted by Crippen LogP contribution is 2.41. The van der Waals surface area contributed by atoms with Gasteiger partial charge in [0.25, 0.3) is 5.69 Å². The van der Waals surface area contributed by atoms with Gasteiger partial charge >= 0.3 is 0 Å². The fraction of sp³-hybridized carbons (Fsp3) is 0.348. The molecule has 1 aliphatic rings. The maximum atomic E-state index is 11.2. The molecule has 3 rings (SSSR count). The Kier molecular flexibility index (Phi) is 5.46. The molecular weight excluding hydrogens is 366 g/mol. The Bertz CT molecular complexity index is 1020. The lowest BCUT2D eigenvalue weighted by atomic mass is 9.81. The van der Waals surface area contributed by atoms with Gasteiger partial charge in [0.15, 0.2) is 5.71 Å². The number of allylic oxidation sites excluding steroid dienone is 1. The minimum absolute atomic E-state index is 0.0973. The third kappa shape index (κ3) is 3.62. The molecule has 0 aliphatic carbocycles. The summed E-state index contributed by atoms with van der Waals surface area (Å²) in [5.41, 5.74) is 4.34. The first kappa shape index (κ1) is 20.6. The average Bonchev–Trinajstić information content (AvgIpc) is 2.87. The number of phenolic OH excluding ortho intramolecular Hbond substituents is 1. The number of rotatable bonds is 6. The van der Waals surface area contributed by atoms with Crippen LogP contribution < -0.4 is 4.90 Å². The van der Waals surface area contributed by atoms with Crippen LogP contribution in [0.5, 0.6) is 5.75 Å². The molecule has 2 aromatic rings.